The third kappa shape index (κ3) is 9.66. The zero-order chi connectivity index (χ0) is 20.4. The van der Waals surface area contributed by atoms with Crippen molar-refractivity contribution in [1.82, 2.24) is 0 Å². The maximum Gasteiger partial charge on any atom is 0.308 e. The van der Waals surface area contributed by atoms with Crippen LogP contribution in [0.3, 0.4) is 0 Å². The largest absolute Gasteiger partial charge is 0.463 e. The van der Waals surface area contributed by atoms with E-state index in [0.717, 1.165) is 0 Å². The highest BCUT2D eigenvalue weighted by molar-refractivity contribution is 6.74. The molecule has 0 aromatic carbocycles. The standard InChI is InChI=1S/C20H38O5Si/c1-10-17(23-15-22-7)13-12-16(3)24-19(21)14-18(11-2)25-26(8,9)20(4,5)6/h10-11,16-18H,1-2,12-15H2,3-9H3/t16-,17+,18-/m1/s1. The second kappa shape index (κ2) is 11.7. The van der Waals surface area contributed by atoms with E-state index in [4.69, 9.17) is 18.6 Å². The zero-order valence-corrected chi connectivity index (χ0v) is 18.7. The molecular formula is C20H38O5Si. The van der Waals surface area contributed by atoms with E-state index < -0.39 is 8.32 Å². The van der Waals surface area contributed by atoms with Crippen LogP contribution in [0.2, 0.25) is 18.1 Å². The van der Waals surface area contributed by atoms with Crippen molar-refractivity contribution in [2.24, 2.45) is 0 Å². The molecule has 0 amide bonds. The third-order valence-electron chi connectivity index (χ3n) is 4.74. The lowest BCUT2D eigenvalue weighted by molar-refractivity contribution is -0.150. The van der Waals surface area contributed by atoms with Crippen molar-refractivity contribution >= 4 is 14.3 Å². The normalized spacial score (nSPS) is 15.8. The van der Waals surface area contributed by atoms with E-state index in [-0.39, 0.29) is 42.5 Å². The van der Waals surface area contributed by atoms with Gasteiger partial charge in [0.05, 0.1) is 24.7 Å². The lowest BCUT2D eigenvalue weighted by Gasteiger charge is -2.38. The Morgan fingerprint density at radius 1 is 1.12 bits per heavy atom. The number of methoxy groups -OCH3 is 1. The number of hydrogen-bond acceptors (Lipinski definition) is 5. The number of carbonyl (C=O) groups excluding carboxylic acids is 1. The predicted octanol–water partition coefficient (Wildman–Crippen LogP) is 4.84. The Labute approximate surface area is 160 Å². The number of esters is 1. The van der Waals surface area contributed by atoms with Crippen molar-refractivity contribution in [3.63, 3.8) is 0 Å². The fourth-order valence-electron chi connectivity index (χ4n) is 2.05. The van der Waals surface area contributed by atoms with Gasteiger partial charge < -0.3 is 18.6 Å². The van der Waals surface area contributed by atoms with Crippen LogP contribution in [0.5, 0.6) is 0 Å². The van der Waals surface area contributed by atoms with Gasteiger partial charge in [0, 0.05) is 7.11 Å². The van der Waals surface area contributed by atoms with Gasteiger partial charge in [-0.2, -0.15) is 0 Å². The lowest BCUT2D eigenvalue weighted by Crippen LogP contribution is -2.44. The highest BCUT2D eigenvalue weighted by Crippen LogP contribution is 2.37. The minimum Gasteiger partial charge on any atom is -0.463 e. The first-order chi connectivity index (χ1) is 12.0. The summed E-state index contributed by atoms with van der Waals surface area (Å²) in [4.78, 5) is 12.2. The molecule has 0 radical (unpaired) electrons. The van der Waals surface area contributed by atoms with Crippen molar-refractivity contribution in [3.8, 4) is 0 Å². The van der Waals surface area contributed by atoms with Gasteiger partial charge in [0.25, 0.3) is 0 Å². The smallest absolute Gasteiger partial charge is 0.308 e. The van der Waals surface area contributed by atoms with Crippen LogP contribution < -0.4 is 0 Å². The molecule has 0 saturated carbocycles. The molecule has 0 aromatic heterocycles. The van der Waals surface area contributed by atoms with Gasteiger partial charge in [0.1, 0.15) is 6.79 Å². The molecule has 0 fully saturated rings. The Bertz CT molecular complexity index is 442. The molecule has 0 aliphatic rings. The Kier molecular flexibility index (Phi) is 11.3. The number of hydrogen-bond donors (Lipinski definition) is 0. The number of carbonyl (C=O) groups is 1. The molecule has 0 bridgehead atoms. The van der Waals surface area contributed by atoms with Gasteiger partial charge >= 0.3 is 5.97 Å². The fourth-order valence-corrected chi connectivity index (χ4v) is 3.34. The molecule has 0 unspecified atom stereocenters. The van der Waals surface area contributed by atoms with E-state index in [1.54, 1.807) is 19.3 Å². The van der Waals surface area contributed by atoms with Crippen molar-refractivity contribution < 1.29 is 23.4 Å². The van der Waals surface area contributed by atoms with Gasteiger partial charge in [0.2, 0.25) is 0 Å². The molecule has 0 aromatic rings. The Morgan fingerprint density at radius 2 is 1.69 bits per heavy atom. The Balaban J connectivity index is 4.44. The molecule has 0 saturated heterocycles. The average Bonchev–Trinajstić information content (AvgIpc) is 2.52. The first-order valence-electron chi connectivity index (χ1n) is 9.19. The van der Waals surface area contributed by atoms with Crippen LogP contribution in [0.25, 0.3) is 0 Å². The molecular weight excluding hydrogens is 348 g/mol. The van der Waals surface area contributed by atoms with E-state index in [1.165, 1.54) is 0 Å². The molecule has 0 heterocycles. The highest BCUT2D eigenvalue weighted by Gasteiger charge is 2.39. The summed E-state index contributed by atoms with van der Waals surface area (Å²) in [7, 11) is -0.386. The van der Waals surface area contributed by atoms with Crippen LogP contribution in [0.15, 0.2) is 25.3 Å². The monoisotopic (exact) mass is 386 g/mol. The van der Waals surface area contributed by atoms with Gasteiger partial charge in [-0.15, -0.1) is 13.2 Å². The van der Waals surface area contributed by atoms with E-state index in [2.05, 4.69) is 47.0 Å². The molecule has 5 nitrogen and oxygen atoms in total. The van der Waals surface area contributed by atoms with E-state index in [9.17, 15) is 4.79 Å². The summed E-state index contributed by atoms with van der Waals surface area (Å²) in [6.45, 7) is 20.5. The molecule has 3 atom stereocenters. The average molecular weight is 387 g/mol. The maximum absolute atomic E-state index is 12.2. The second-order valence-corrected chi connectivity index (χ2v) is 12.8. The summed E-state index contributed by atoms with van der Waals surface area (Å²) >= 11 is 0. The summed E-state index contributed by atoms with van der Waals surface area (Å²) in [5.74, 6) is -0.269. The third-order valence-corrected chi connectivity index (χ3v) is 9.24. The Hall–Kier alpha value is -0.953. The van der Waals surface area contributed by atoms with E-state index in [0.29, 0.717) is 12.8 Å². The minimum absolute atomic E-state index is 0.0767. The molecule has 0 N–H and O–H groups in total. The summed E-state index contributed by atoms with van der Waals surface area (Å²) in [6.07, 6.45) is 4.38. The van der Waals surface area contributed by atoms with Crippen LogP contribution in [-0.4, -0.2) is 46.5 Å². The van der Waals surface area contributed by atoms with Gasteiger partial charge in [-0.25, -0.2) is 0 Å². The van der Waals surface area contributed by atoms with Gasteiger partial charge in [-0.05, 0) is 37.9 Å². The molecule has 0 aliphatic carbocycles. The van der Waals surface area contributed by atoms with E-state index >= 15 is 0 Å². The lowest BCUT2D eigenvalue weighted by atomic mass is 10.1. The molecule has 0 spiro atoms. The summed E-state index contributed by atoms with van der Waals surface area (Å²) in [6, 6.07) is 0. The fraction of sp³-hybridized carbons (Fsp3) is 0.750. The second-order valence-electron chi connectivity index (χ2n) is 8.08. The van der Waals surface area contributed by atoms with E-state index in [1.807, 2.05) is 6.92 Å². The molecule has 152 valence electrons. The van der Waals surface area contributed by atoms with Crippen LogP contribution in [-0.2, 0) is 23.4 Å². The van der Waals surface area contributed by atoms with Crippen molar-refractivity contribution in [1.29, 1.82) is 0 Å². The summed E-state index contributed by atoms with van der Waals surface area (Å²) in [5.41, 5.74) is 0. The summed E-state index contributed by atoms with van der Waals surface area (Å²) in [5, 5.41) is 0.0767. The van der Waals surface area contributed by atoms with Crippen LogP contribution in [0.1, 0.15) is 47.0 Å². The maximum atomic E-state index is 12.2. The van der Waals surface area contributed by atoms with Crippen molar-refractivity contribution in [2.45, 2.75) is 83.4 Å². The highest BCUT2D eigenvalue weighted by atomic mass is 28.4. The first kappa shape index (κ1) is 25.0. The van der Waals surface area contributed by atoms with Crippen molar-refractivity contribution in [3.05, 3.63) is 25.3 Å². The molecule has 26 heavy (non-hydrogen) atoms. The van der Waals surface area contributed by atoms with Crippen LogP contribution in [0, 0.1) is 0 Å². The molecule has 0 aliphatic heterocycles. The minimum atomic E-state index is -1.96. The predicted molar refractivity (Wildman–Crippen MR) is 109 cm³/mol. The molecule has 6 heteroatoms. The first-order valence-corrected chi connectivity index (χ1v) is 12.1. The SMILES string of the molecule is C=C[C@H](CC(=O)O[C@H](C)CC[C@H](C=C)OCOC)O[Si](C)(C)C(C)(C)C. The summed E-state index contributed by atoms with van der Waals surface area (Å²) < 4.78 is 22.1. The number of ether oxygens (including phenoxy) is 3. The van der Waals surface area contributed by atoms with Crippen molar-refractivity contribution in [2.75, 3.05) is 13.9 Å². The van der Waals surface area contributed by atoms with Crippen LogP contribution >= 0.6 is 0 Å². The van der Waals surface area contributed by atoms with Gasteiger partial charge in [0.15, 0.2) is 8.32 Å². The van der Waals surface area contributed by atoms with Crippen LogP contribution in [0.4, 0.5) is 0 Å². The molecule has 0 rings (SSSR count). The topological polar surface area (TPSA) is 54.0 Å². The quantitative estimate of drug-likeness (QED) is 0.196. The zero-order valence-electron chi connectivity index (χ0n) is 17.7. The number of rotatable bonds is 13. The Morgan fingerprint density at radius 3 is 2.15 bits per heavy atom. The van der Waals surface area contributed by atoms with Gasteiger partial charge in [-0.1, -0.05) is 32.9 Å². The van der Waals surface area contributed by atoms with Gasteiger partial charge in [-0.3, -0.25) is 4.79 Å².